The van der Waals surface area contributed by atoms with E-state index in [0.717, 1.165) is 6.07 Å². The molecule has 22 heavy (non-hydrogen) atoms. The van der Waals surface area contributed by atoms with Crippen LogP contribution in [0.3, 0.4) is 0 Å². The molecule has 0 bridgehead atoms. The second-order valence-electron chi connectivity index (χ2n) is 4.63. The van der Waals surface area contributed by atoms with E-state index in [9.17, 15) is 13.6 Å². The van der Waals surface area contributed by atoms with Crippen LogP contribution in [0.1, 0.15) is 21.6 Å². The summed E-state index contributed by atoms with van der Waals surface area (Å²) < 4.78 is 27.7. The molecule has 0 aliphatic heterocycles. The van der Waals surface area contributed by atoms with Gasteiger partial charge in [0.1, 0.15) is 23.7 Å². The number of rotatable bonds is 4. The number of halogens is 2. The summed E-state index contributed by atoms with van der Waals surface area (Å²) in [5.41, 5.74) is 0.957. The molecule has 0 aliphatic carbocycles. The number of ketones is 1. The SMILES string of the molecule is O=C(c1cncnc1)c1ccn(Cc2cc(F)cc(F)c2)n1. The van der Waals surface area contributed by atoms with Gasteiger partial charge in [0.2, 0.25) is 5.78 Å². The molecule has 3 rings (SSSR count). The van der Waals surface area contributed by atoms with Crippen molar-refractivity contribution in [3.8, 4) is 0 Å². The van der Waals surface area contributed by atoms with Gasteiger partial charge in [-0.2, -0.15) is 5.10 Å². The van der Waals surface area contributed by atoms with Gasteiger partial charge in [0.05, 0.1) is 12.1 Å². The monoisotopic (exact) mass is 300 g/mol. The van der Waals surface area contributed by atoms with Crippen molar-refractivity contribution in [2.24, 2.45) is 0 Å². The normalized spacial score (nSPS) is 10.6. The van der Waals surface area contributed by atoms with Crippen molar-refractivity contribution in [1.82, 2.24) is 19.7 Å². The number of hydrogen-bond acceptors (Lipinski definition) is 4. The van der Waals surface area contributed by atoms with E-state index in [1.165, 1.54) is 41.6 Å². The Kier molecular flexibility index (Phi) is 3.69. The number of aromatic nitrogens is 4. The van der Waals surface area contributed by atoms with Gasteiger partial charge in [0.25, 0.3) is 0 Å². The van der Waals surface area contributed by atoms with Crippen LogP contribution < -0.4 is 0 Å². The lowest BCUT2D eigenvalue weighted by atomic mass is 10.2. The number of benzene rings is 1. The number of nitrogens with zero attached hydrogens (tertiary/aromatic N) is 4. The van der Waals surface area contributed by atoms with Crippen LogP contribution in [0.2, 0.25) is 0 Å². The van der Waals surface area contributed by atoms with Gasteiger partial charge in [-0.15, -0.1) is 0 Å². The smallest absolute Gasteiger partial charge is 0.216 e. The van der Waals surface area contributed by atoms with Gasteiger partial charge >= 0.3 is 0 Å². The Morgan fingerprint density at radius 3 is 2.45 bits per heavy atom. The molecule has 110 valence electrons. The molecule has 0 N–H and O–H groups in total. The Labute approximate surface area is 124 Å². The Bertz CT molecular complexity index is 797. The Balaban J connectivity index is 1.80. The summed E-state index contributed by atoms with van der Waals surface area (Å²) >= 11 is 0. The van der Waals surface area contributed by atoms with E-state index in [4.69, 9.17) is 0 Å². The molecular weight excluding hydrogens is 290 g/mol. The van der Waals surface area contributed by atoms with Crippen LogP contribution in [0, 0.1) is 11.6 Å². The lowest BCUT2D eigenvalue weighted by Crippen LogP contribution is -2.06. The summed E-state index contributed by atoms with van der Waals surface area (Å²) in [6.45, 7) is 0.160. The molecule has 0 fully saturated rings. The van der Waals surface area contributed by atoms with Crippen molar-refractivity contribution < 1.29 is 13.6 Å². The molecule has 0 saturated heterocycles. The molecule has 2 heterocycles. The highest BCUT2D eigenvalue weighted by Crippen LogP contribution is 2.11. The van der Waals surface area contributed by atoms with Crippen molar-refractivity contribution >= 4 is 5.78 Å². The minimum Gasteiger partial charge on any atom is -0.287 e. The average molecular weight is 300 g/mol. The van der Waals surface area contributed by atoms with Gasteiger partial charge in [-0.25, -0.2) is 18.7 Å². The van der Waals surface area contributed by atoms with Crippen LogP contribution >= 0.6 is 0 Å². The maximum Gasteiger partial charge on any atom is 0.216 e. The van der Waals surface area contributed by atoms with Crippen molar-refractivity contribution in [3.05, 3.63) is 77.6 Å². The minimum absolute atomic E-state index is 0.160. The minimum atomic E-state index is -0.653. The van der Waals surface area contributed by atoms with E-state index in [2.05, 4.69) is 15.1 Å². The van der Waals surface area contributed by atoms with E-state index < -0.39 is 11.6 Å². The van der Waals surface area contributed by atoms with Crippen molar-refractivity contribution in [1.29, 1.82) is 0 Å². The molecule has 2 aromatic heterocycles. The summed E-state index contributed by atoms with van der Waals surface area (Å²) in [4.78, 5) is 19.7. The van der Waals surface area contributed by atoms with Crippen LogP contribution in [0.5, 0.6) is 0 Å². The zero-order valence-corrected chi connectivity index (χ0v) is 11.3. The van der Waals surface area contributed by atoms with Crippen molar-refractivity contribution in [3.63, 3.8) is 0 Å². The number of carbonyl (C=O) groups excluding carboxylic acids is 1. The summed E-state index contributed by atoms with van der Waals surface area (Å²) in [6, 6.07) is 4.77. The third-order valence-corrected chi connectivity index (χ3v) is 2.96. The van der Waals surface area contributed by atoms with Crippen LogP contribution in [0.25, 0.3) is 0 Å². The van der Waals surface area contributed by atoms with Crippen LogP contribution in [0.15, 0.2) is 49.2 Å². The largest absolute Gasteiger partial charge is 0.287 e. The molecule has 0 radical (unpaired) electrons. The predicted octanol–water partition coefficient (Wildman–Crippen LogP) is 2.23. The second-order valence-corrected chi connectivity index (χ2v) is 4.63. The molecular formula is C15H10F2N4O. The molecule has 0 amide bonds. The van der Waals surface area contributed by atoms with Gasteiger partial charge in [-0.05, 0) is 23.8 Å². The van der Waals surface area contributed by atoms with E-state index in [1.807, 2.05) is 0 Å². The summed E-state index contributed by atoms with van der Waals surface area (Å²) in [5, 5.41) is 4.11. The molecule has 0 atom stereocenters. The average Bonchev–Trinajstić information content (AvgIpc) is 2.95. The van der Waals surface area contributed by atoms with E-state index in [0.29, 0.717) is 11.1 Å². The number of hydrogen-bond donors (Lipinski definition) is 0. The highest BCUT2D eigenvalue weighted by atomic mass is 19.1. The van der Waals surface area contributed by atoms with Gasteiger partial charge in [-0.3, -0.25) is 9.48 Å². The summed E-state index contributed by atoms with van der Waals surface area (Å²) in [6.07, 6.45) is 5.69. The quantitative estimate of drug-likeness (QED) is 0.693. The molecule has 0 aliphatic rings. The molecule has 0 spiro atoms. The summed E-state index contributed by atoms with van der Waals surface area (Å²) in [5.74, 6) is -1.62. The molecule has 3 aromatic rings. The zero-order chi connectivity index (χ0) is 15.5. The van der Waals surface area contributed by atoms with E-state index >= 15 is 0 Å². The molecule has 0 unspecified atom stereocenters. The first-order chi connectivity index (χ1) is 10.6. The van der Waals surface area contributed by atoms with Gasteiger partial charge < -0.3 is 0 Å². The third-order valence-electron chi connectivity index (χ3n) is 2.96. The zero-order valence-electron chi connectivity index (χ0n) is 11.3. The van der Waals surface area contributed by atoms with Crippen molar-refractivity contribution in [2.45, 2.75) is 6.54 Å². The topological polar surface area (TPSA) is 60.7 Å². The number of carbonyl (C=O) groups is 1. The summed E-state index contributed by atoms with van der Waals surface area (Å²) in [7, 11) is 0. The Morgan fingerprint density at radius 1 is 1.09 bits per heavy atom. The van der Waals surface area contributed by atoms with Crippen molar-refractivity contribution in [2.75, 3.05) is 0 Å². The Hall–Kier alpha value is -2.96. The maximum atomic E-state index is 13.1. The third kappa shape index (κ3) is 3.03. The molecule has 7 heteroatoms. The second kappa shape index (κ2) is 5.80. The predicted molar refractivity (Wildman–Crippen MR) is 73.2 cm³/mol. The van der Waals surface area contributed by atoms with Crippen LogP contribution in [-0.4, -0.2) is 25.5 Å². The maximum absolute atomic E-state index is 13.1. The lowest BCUT2D eigenvalue weighted by Gasteiger charge is -2.02. The van der Waals surface area contributed by atoms with Crippen LogP contribution in [-0.2, 0) is 6.54 Å². The fourth-order valence-corrected chi connectivity index (χ4v) is 2.02. The first-order valence-electron chi connectivity index (χ1n) is 6.40. The first kappa shape index (κ1) is 14.0. The van der Waals surface area contributed by atoms with Gasteiger partial charge in [0.15, 0.2) is 0 Å². The lowest BCUT2D eigenvalue weighted by molar-refractivity contribution is 0.103. The fraction of sp³-hybridized carbons (Fsp3) is 0.0667. The standard InChI is InChI=1S/C15H10F2N4O/c16-12-3-10(4-13(17)5-12)8-21-2-1-14(20-21)15(22)11-6-18-9-19-7-11/h1-7,9H,8H2. The van der Waals surface area contributed by atoms with Crippen LogP contribution in [0.4, 0.5) is 8.78 Å². The molecule has 0 saturated carbocycles. The highest BCUT2D eigenvalue weighted by Gasteiger charge is 2.13. The molecule has 5 nitrogen and oxygen atoms in total. The Morgan fingerprint density at radius 2 is 1.77 bits per heavy atom. The van der Waals surface area contributed by atoms with Gasteiger partial charge in [0, 0.05) is 24.7 Å². The van der Waals surface area contributed by atoms with E-state index in [1.54, 1.807) is 6.20 Å². The first-order valence-corrected chi connectivity index (χ1v) is 6.40. The molecule has 1 aromatic carbocycles. The highest BCUT2D eigenvalue weighted by molar-refractivity contribution is 6.07. The fourth-order valence-electron chi connectivity index (χ4n) is 2.02. The van der Waals surface area contributed by atoms with Gasteiger partial charge in [-0.1, -0.05) is 0 Å². The van der Waals surface area contributed by atoms with E-state index in [-0.39, 0.29) is 18.0 Å².